The molecule has 0 aliphatic carbocycles. The minimum absolute atomic E-state index is 0.989. The van der Waals surface area contributed by atoms with Crippen molar-refractivity contribution in [3.63, 3.8) is 0 Å². The largest absolute Gasteiger partial charge is 0.371 e. The number of benzene rings is 1. The van der Waals surface area contributed by atoms with Crippen LogP contribution in [0.2, 0.25) is 0 Å². The Morgan fingerprint density at radius 2 is 1.93 bits per heavy atom. The first-order chi connectivity index (χ1) is 7.42. The van der Waals surface area contributed by atoms with E-state index < -0.39 is 0 Å². The Hall–Kier alpha value is -1.02. The highest BCUT2D eigenvalue weighted by atomic mass is 15.1. The van der Waals surface area contributed by atoms with Gasteiger partial charge in [-0.3, -0.25) is 0 Å². The first kappa shape index (κ1) is 10.5. The predicted octanol–water partition coefficient (Wildman–Crippen LogP) is 2.40. The lowest BCUT2D eigenvalue weighted by Gasteiger charge is -2.21. The van der Waals surface area contributed by atoms with Crippen LogP contribution in [0.5, 0.6) is 0 Å². The Labute approximate surface area is 92.3 Å². The summed E-state index contributed by atoms with van der Waals surface area (Å²) in [6.45, 7) is 6.63. The molecule has 1 aromatic rings. The molecule has 1 aliphatic rings. The van der Waals surface area contributed by atoms with Crippen LogP contribution in [-0.2, 0) is 6.54 Å². The Morgan fingerprint density at radius 1 is 1.20 bits per heavy atom. The van der Waals surface area contributed by atoms with Crippen LogP contribution in [-0.4, -0.2) is 19.6 Å². The molecule has 2 rings (SSSR count). The van der Waals surface area contributed by atoms with Crippen molar-refractivity contribution in [2.45, 2.75) is 26.3 Å². The molecule has 0 bridgehead atoms. The normalized spacial score (nSPS) is 15.9. The summed E-state index contributed by atoms with van der Waals surface area (Å²) in [5, 5.41) is 3.40. The van der Waals surface area contributed by atoms with Gasteiger partial charge in [0.05, 0.1) is 0 Å². The molecule has 82 valence electrons. The minimum atomic E-state index is 0.989. The van der Waals surface area contributed by atoms with Gasteiger partial charge in [-0.1, -0.05) is 25.1 Å². The molecule has 0 unspecified atom stereocenters. The van der Waals surface area contributed by atoms with Crippen LogP contribution in [0.15, 0.2) is 24.3 Å². The maximum atomic E-state index is 3.40. The number of rotatable bonds is 4. The highest BCUT2D eigenvalue weighted by Gasteiger charge is 2.14. The third-order valence-electron chi connectivity index (χ3n) is 3.00. The van der Waals surface area contributed by atoms with Gasteiger partial charge < -0.3 is 10.2 Å². The van der Waals surface area contributed by atoms with E-state index in [2.05, 4.69) is 41.4 Å². The summed E-state index contributed by atoms with van der Waals surface area (Å²) >= 11 is 0. The average Bonchev–Trinajstić information content (AvgIpc) is 2.80. The van der Waals surface area contributed by atoms with Gasteiger partial charge in [0.25, 0.3) is 0 Å². The quantitative estimate of drug-likeness (QED) is 0.810. The van der Waals surface area contributed by atoms with Crippen molar-refractivity contribution in [2.24, 2.45) is 0 Å². The van der Waals surface area contributed by atoms with E-state index in [9.17, 15) is 0 Å². The number of nitrogens with zero attached hydrogens (tertiary/aromatic N) is 1. The van der Waals surface area contributed by atoms with Gasteiger partial charge in [-0.2, -0.15) is 0 Å². The average molecular weight is 204 g/mol. The SMILES string of the molecule is CCNCc1ccccc1N1CCCC1. The molecule has 1 N–H and O–H groups in total. The van der Waals surface area contributed by atoms with Gasteiger partial charge in [0.15, 0.2) is 0 Å². The highest BCUT2D eigenvalue weighted by molar-refractivity contribution is 5.54. The fraction of sp³-hybridized carbons (Fsp3) is 0.538. The smallest absolute Gasteiger partial charge is 0.0411 e. The zero-order valence-electron chi connectivity index (χ0n) is 9.50. The van der Waals surface area contributed by atoms with Crippen LogP contribution >= 0.6 is 0 Å². The molecule has 2 heteroatoms. The van der Waals surface area contributed by atoms with Gasteiger partial charge in [0, 0.05) is 25.3 Å². The predicted molar refractivity (Wildman–Crippen MR) is 65.3 cm³/mol. The molecular formula is C13H20N2. The molecule has 0 radical (unpaired) electrons. The topological polar surface area (TPSA) is 15.3 Å². The summed E-state index contributed by atoms with van der Waals surface area (Å²) in [5.74, 6) is 0. The zero-order valence-corrected chi connectivity index (χ0v) is 9.50. The number of anilines is 1. The first-order valence-electron chi connectivity index (χ1n) is 5.95. The van der Waals surface area contributed by atoms with Crippen molar-refractivity contribution in [1.29, 1.82) is 0 Å². The van der Waals surface area contributed by atoms with Crippen LogP contribution in [0.1, 0.15) is 25.3 Å². The second kappa shape index (κ2) is 5.17. The van der Waals surface area contributed by atoms with Crippen LogP contribution < -0.4 is 10.2 Å². The third-order valence-corrected chi connectivity index (χ3v) is 3.00. The molecule has 0 spiro atoms. The van der Waals surface area contributed by atoms with E-state index in [-0.39, 0.29) is 0 Å². The van der Waals surface area contributed by atoms with Crippen LogP contribution in [0, 0.1) is 0 Å². The van der Waals surface area contributed by atoms with E-state index in [1.54, 1.807) is 0 Å². The molecule has 0 atom stereocenters. The molecule has 0 saturated carbocycles. The Morgan fingerprint density at radius 3 is 2.67 bits per heavy atom. The van der Waals surface area contributed by atoms with Crippen molar-refractivity contribution in [3.8, 4) is 0 Å². The van der Waals surface area contributed by atoms with Crippen LogP contribution in [0.25, 0.3) is 0 Å². The molecule has 0 aromatic heterocycles. The number of hydrogen-bond donors (Lipinski definition) is 1. The maximum Gasteiger partial charge on any atom is 0.0411 e. The maximum absolute atomic E-state index is 3.40. The molecule has 1 fully saturated rings. The summed E-state index contributed by atoms with van der Waals surface area (Å²) < 4.78 is 0. The molecule has 1 heterocycles. The van der Waals surface area contributed by atoms with E-state index in [1.165, 1.54) is 37.2 Å². The number of hydrogen-bond acceptors (Lipinski definition) is 2. The second-order valence-electron chi connectivity index (χ2n) is 4.10. The Balaban J connectivity index is 2.13. The number of nitrogens with one attached hydrogen (secondary N) is 1. The van der Waals surface area contributed by atoms with E-state index in [0.717, 1.165) is 13.1 Å². The fourth-order valence-corrected chi connectivity index (χ4v) is 2.19. The standard InChI is InChI=1S/C13H20N2/c1-2-14-11-12-7-3-4-8-13(12)15-9-5-6-10-15/h3-4,7-8,14H,2,5-6,9-11H2,1H3. The van der Waals surface area contributed by atoms with Crippen molar-refractivity contribution >= 4 is 5.69 Å². The van der Waals surface area contributed by atoms with E-state index in [0.29, 0.717) is 0 Å². The molecule has 1 aliphatic heterocycles. The monoisotopic (exact) mass is 204 g/mol. The van der Waals surface area contributed by atoms with Gasteiger partial charge in [-0.05, 0) is 31.0 Å². The van der Waals surface area contributed by atoms with Crippen LogP contribution in [0.4, 0.5) is 5.69 Å². The Bertz CT molecular complexity index is 303. The second-order valence-corrected chi connectivity index (χ2v) is 4.10. The van der Waals surface area contributed by atoms with Crippen LogP contribution in [0.3, 0.4) is 0 Å². The van der Waals surface area contributed by atoms with Gasteiger partial charge in [-0.25, -0.2) is 0 Å². The number of para-hydroxylation sites is 1. The van der Waals surface area contributed by atoms with E-state index in [4.69, 9.17) is 0 Å². The molecule has 1 saturated heterocycles. The molecule has 15 heavy (non-hydrogen) atoms. The van der Waals surface area contributed by atoms with Crippen molar-refractivity contribution in [1.82, 2.24) is 5.32 Å². The van der Waals surface area contributed by atoms with E-state index >= 15 is 0 Å². The first-order valence-corrected chi connectivity index (χ1v) is 5.95. The molecular weight excluding hydrogens is 184 g/mol. The van der Waals surface area contributed by atoms with E-state index in [1.807, 2.05) is 0 Å². The lowest BCUT2D eigenvalue weighted by atomic mass is 10.1. The van der Waals surface area contributed by atoms with Gasteiger partial charge in [-0.15, -0.1) is 0 Å². The molecule has 0 amide bonds. The van der Waals surface area contributed by atoms with Crippen molar-refractivity contribution in [3.05, 3.63) is 29.8 Å². The van der Waals surface area contributed by atoms with Gasteiger partial charge >= 0.3 is 0 Å². The van der Waals surface area contributed by atoms with Gasteiger partial charge in [0.1, 0.15) is 0 Å². The summed E-state index contributed by atoms with van der Waals surface area (Å²) in [6.07, 6.45) is 2.69. The van der Waals surface area contributed by atoms with Crippen molar-refractivity contribution in [2.75, 3.05) is 24.5 Å². The summed E-state index contributed by atoms with van der Waals surface area (Å²) in [7, 11) is 0. The molecule has 1 aromatic carbocycles. The highest BCUT2D eigenvalue weighted by Crippen LogP contribution is 2.24. The summed E-state index contributed by atoms with van der Waals surface area (Å²) in [4.78, 5) is 2.51. The van der Waals surface area contributed by atoms with Crippen molar-refractivity contribution < 1.29 is 0 Å². The third kappa shape index (κ3) is 2.51. The molecule has 2 nitrogen and oxygen atoms in total. The Kier molecular flexibility index (Phi) is 3.62. The summed E-state index contributed by atoms with van der Waals surface area (Å²) in [6, 6.07) is 8.75. The summed E-state index contributed by atoms with van der Waals surface area (Å²) in [5.41, 5.74) is 2.86. The minimum Gasteiger partial charge on any atom is -0.371 e. The lowest BCUT2D eigenvalue weighted by molar-refractivity contribution is 0.724. The lowest BCUT2D eigenvalue weighted by Crippen LogP contribution is -2.21. The zero-order chi connectivity index (χ0) is 10.5. The fourth-order valence-electron chi connectivity index (χ4n) is 2.19. The van der Waals surface area contributed by atoms with Gasteiger partial charge in [0.2, 0.25) is 0 Å².